The Kier molecular flexibility index (Phi) is 7.12. The van der Waals surface area contributed by atoms with E-state index in [1.54, 1.807) is 25.1 Å². The summed E-state index contributed by atoms with van der Waals surface area (Å²) >= 11 is 0. The van der Waals surface area contributed by atoms with Crippen LogP contribution < -0.4 is 10.3 Å². The topological polar surface area (TPSA) is 59.4 Å². The number of pyridine rings is 1. The summed E-state index contributed by atoms with van der Waals surface area (Å²) < 4.78 is 44.4. The standard InChI is InChI=1S/C27H33FN2O3S/c1-4-5-12-30-18-26(34(32,33)25-15-19(2)10-11-20(25)3)27(31)21-16-22(28)24(17-23(21)30)29-13-8-6-7-9-14-29/h10-11,15-18H,4-9,12-14H2,1-3H3. The van der Waals surface area contributed by atoms with E-state index in [0.717, 1.165) is 57.2 Å². The fourth-order valence-corrected chi connectivity index (χ4v) is 6.44. The molecule has 182 valence electrons. The maximum Gasteiger partial charge on any atom is 0.212 e. The van der Waals surface area contributed by atoms with E-state index in [1.165, 1.54) is 12.3 Å². The van der Waals surface area contributed by atoms with E-state index in [9.17, 15) is 13.2 Å². The van der Waals surface area contributed by atoms with Crippen molar-refractivity contribution < 1.29 is 12.8 Å². The fraction of sp³-hybridized carbons (Fsp3) is 0.444. The maximum absolute atomic E-state index is 15.3. The minimum absolute atomic E-state index is 0.110. The van der Waals surface area contributed by atoms with Crippen LogP contribution in [0, 0.1) is 19.7 Å². The van der Waals surface area contributed by atoms with Gasteiger partial charge < -0.3 is 9.47 Å². The predicted molar refractivity (Wildman–Crippen MR) is 135 cm³/mol. The lowest BCUT2D eigenvalue weighted by Gasteiger charge is -2.24. The molecule has 0 spiro atoms. The summed E-state index contributed by atoms with van der Waals surface area (Å²) in [6.45, 7) is 7.70. The van der Waals surface area contributed by atoms with Gasteiger partial charge in [0.05, 0.1) is 21.5 Å². The van der Waals surface area contributed by atoms with Crippen LogP contribution in [0.4, 0.5) is 10.1 Å². The molecule has 0 aliphatic carbocycles. The van der Waals surface area contributed by atoms with Gasteiger partial charge in [-0.05, 0) is 62.4 Å². The Bertz CT molecular complexity index is 1370. The summed E-state index contributed by atoms with van der Waals surface area (Å²) in [5.41, 5.74) is 1.80. The van der Waals surface area contributed by atoms with Gasteiger partial charge in [-0.1, -0.05) is 38.3 Å². The van der Waals surface area contributed by atoms with Gasteiger partial charge in [-0.15, -0.1) is 0 Å². The maximum atomic E-state index is 15.3. The van der Waals surface area contributed by atoms with Gasteiger partial charge in [0.1, 0.15) is 10.7 Å². The average molecular weight is 485 g/mol. The summed E-state index contributed by atoms with van der Waals surface area (Å²) in [5.74, 6) is -0.477. The smallest absolute Gasteiger partial charge is 0.212 e. The van der Waals surface area contributed by atoms with E-state index < -0.39 is 21.1 Å². The molecule has 1 aliphatic heterocycles. The van der Waals surface area contributed by atoms with E-state index >= 15 is 4.39 Å². The molecule has 5 nitrogen and oxygen atoms in total. The SMILES string of the molecule is CCCCn1cc(S(=O)(=O)c2cc(C)ccc2C)c(=O)c2cc(F)c(N3CCCCCC3)cc21. The van der Waals surface area contributed by atoms with Crippen LogP contribution in [-0.4, -0.2) is 26.1 Å². The van der Waals surface area contributed by atoms with E-state index in [4.69, 9.17) is 0 Å². The summed E-state index contributed by atoms with van der Waals surface area (Å²) in [6, 6.07) is 8.15. The van der Waals surface area contributed by atoms with Crippen molar-refractivity contribution in [1.82, 2.24) is 4.57 Å². The van der Waals surface area contributed by atoms with Crippen LogP contribution in [0.1, 0.15) is 56.6 Å². The first-order chi connectivity index (χ1) is 16.2. The van der Waals surface area contributed by atoms with E-state index in [1.807, 2.05) is 17.6 Å². The van der Waals surface area contributed by atoms with Crippen molar-refractivity contribution >= 4 is 26.4 Å². The largest absolute Gasteiger partial charge is 0.369 e. The second-order valence-corrected chi connectivity index (χ2v) is 11.3. The number of rotatable bonds is 6. The summed E-state index contributed by atoms with van der Waals surface area (Å²) in [7, 11) is -4.08. The molecule has 1 aliphatic rings. The lowest BCUT2D eigenvalue weighted by molar-refractivity contribution is 0.589. The third-order valence-electron chi connectivity index (χ3n) is 6.74. The number of anilines is 1. The van der Waals surface area contributed by atoms with Crippen LogP contribution in [0.2, 0.25) is 0 Å². The third kappa shape index (κ3) is 4.63. The number of benzene rings is 2. The molecule has 0 radical (unpaired) electrons. The Balaban J connectivity index is 1.95. The Labute approximate surface area is 201 Å². The van der Waals surface area contributed by atoms with Gasteiger partial charge in [-0.2, -0.15) is 0 Å². The number of fused-ring (bicyclic) bond motifs is 1. The second-order valence-electron chi connectivity index (χ2n) is 9.36. The van der Waals surface area contributed by atoms with Crippen LogP contribution in [0.3, 0.4) is 0 Å². The molecule has 1 fully saturated rings. The van der Waals surface area contributed by atoms with Gasteiger partial charge in [-0.3, -0.25) is 4.79 Å². The summed E-state index contributed by atoms with van der Waals surface area (Å²) in [5, 5.41) is 0.110. The minimum Gasteiger partial charge on any atom is -0.369 e. The molecule has 2 aromatic carbocycles. The highest BCUT2D eigenvalue weighted by Crippen LogP contribution is 2.30. The number of hydrogen-bond donors (Lipinski definition) is 0. The quantitative estimate of drug-likeness (QED) is 0.446. The fourth-order valence-electron chi connectivity index (χ4n) is 4.75. The molecule has 0 amide bonds. The van der Waals surface area contributed by atoms with Gasteiger partial charge in [-0.25, -0.2) is 12.8 Å². The van der Waals surface area contributed by atoms with Gasteiger partial charge in [0, 0.05) is 25.8 Å². The number of sulfone groups is 1. The van der Waals surface area contributed by atoms with E-state index in [-0.39, 0.29) is 15.2 Å². The molecule has 0 N–H and O–H groups in total. The van der Waals surface area contributed by atoms with Crippen molar-refractivity contribution in [2.45, 2.75) is 75.6 Å². The Hall–Kier alpha value is -2.67. The molecular weight excluding hydrogens is 451 g/mol. The zero-order chi connectivity index (χ0) is 24.5. The zero-order valence-corrected chi connectivity index (χ0v) is 21.0. The Morgan fingerprint density at radius 2 is 1.68 bits per heavy atom. The van der Waals surface area contributed by atoms with Gasteiger partial charge >= 0.3 is 0 Å². The van der Waals surface area contributed by atoms with Crippen LogP contribution in [0.15, 0.2) is 51.1 Å². The Morgan fingerprint density at radius 3 is 2.35 bits per heavy atom. The number of hydrogen-bond acceptors (Lipinski definition) is 4. The van der Waals surface area contributed by atoms with Gasteiger partial charge in [0.2, 0.25) is 15.3 Å². The lowest BCUT2D eigenvalue weighted by Crippen LogP contribution is -2.26. The minimum atomic E-state index is -4.08. The highest BCUT2D eigenvalue weighted by molar-refractivity contribution is 7.91. The molecular formula is C27H33FN2O3S. The molecule has 34 heavy (non-hydrogen) atoms. The third-order valence-corrected chi connectivity index (χ3v) is 8.63. The van der Waals surface area contributed by atoms with Gasteiger partial charge in [0.15, 0.2) is 0 Å². The molecule has 2 heterocycles. The van der Waals surface area contributed by atoms with E-state index in [2.05, 4.69) is 11.8 Å². The number of halogens is 1. The number of aromatic nitrogens is 1. The molecule has 4 rings (SSSR count). The first-order valence-electron chi connectivity index (χ1n) is 12.2. The summed E-state index contributed by atoms with van der Waals surface area (Å²) in [4.78, 5) is 15.4. The van der Waals surface area contributed by atoms with Crippen molar-refractivity contribution in [3.05, 3.63) is 63.7 Å². The second kappa shape index (κ2) is 9.90. The van der Waals surface area contributed by atoms with Crippen LogP contribution in [0.5, 0.6) is 0 Å². The highest BCUT2D eigenvalue weighted by atomic mass is 32.2. The highest BCUT2D eigenvalue weighted by Gasteiger charge is 2.27. The van der Waals surface area contributed by atoms with Crippen LogP contribution in [-0.2, 0) is 16.4 Å². The lowest BCUT2D eigenvalue weighted by atomic mass is 10.1. The predicted octanol–water partition coefficient (Wildman–Crippen LogP) is 5.77. The molecule has 0 saturated carbocycles. The molecule has 0 atom stereocenters. The first kappa shape index (κ1) is 24.5. The van der Waals surface area contributed by atoms with Crippen molar-refractivity contribution in [3.63, 3.8) is 0 Å². The number of aryl methyl sites for hydroxylation is 3. The molecule has 3 aromatic rings. The molecule has 0 unspecified atom stereocenters. The Morgan fingerprint density at radius 1 is 0.971 bits per heavy atom. The van der Waals surface area contributed by atoms with Crippen molar-refractivity contribution in [1.29, 1.82) is 0 Å². The van der Waals surface area contributed by atoms with Crippen LogP contribution in [0.25, 0.3) is 10.9 Å². The first-order valence-corrected chi connectivity index (χ1v) is 13.7. The van der Waals surface area contributed by atoms with Crippen molar-refractivity contribution in [3.8, 4) is 0 Å². The monoisotopic (exact) mass is 484 g/mol. The summed E-state index contributed by atoms with van der Waals surface area (Å²) in [6.07, 6.45) is 7.46. The molecule has 1 saturated heterocycles. The van der Waals surface area contributed by atoms with E-state index in [0.29, 0.717) is 23.3 Å². The number of unbranched alkanes of at least 4 members (excludes halogenated alkanes) is 1. The van der Waals surface area contributed by atoms with Crippen molar-refractivity contribution in [2.75, 3.05) is 18.0 Å². The molecule has 1 aromatic heterocycles. The zero-order valence-electron chi connectivity index (χ0n) is 20.2. The van der Waals surface area contributed by atoms with Crippen molar-refractivity contribution in [2.24, 2.45) is 0 Å². The van der Waals surface area contributed by atoms with Crippen LogP contribution >= 0.6 is 0 Å². The number of nitrogens with zero attached hydrogens (tertiary/aromatic N) is 2. The normalized spacial score (nSPS) is 15.0. The average Bonchev–Trinajstić information content (AvgIpc) is 3.09. The molecule has 0 bridgehead atoms. The van der Waals surface area contributed by atoms with Gasteiger partial charge in [0.25, 0.3) is 0 Å². The molecule has 7 heteroatoms.